The van der Waals surface area contributed by atoms with Crippen LogP contribution in [0, 0.1) is 20.8 Å². The van der Waals surface area contributed by atoms with Crippen LogP contribution < -0.4 is 4.57 Å². The first kappa shape index (κ1) is 25.2. The fourth-order valence-corrected chi connectivity index (χ4v) is 8.25. The standard InChI is InChI=1S/C36H36N3S/c1-23-19-20-29-34(40-35(37-29)32-24(2)21-27(22-25(32)3)26-13-7-5-8-14-26)33(23)36-38(4)30-17-11-12-18-31(30)39(36)28-15-9-6-10-16-28/h5,7-8,11-14,17-22,28H,6,9-10,15-16H2,1-4H3/q+1. The molecule has 2 heterocycles. The van der Waals surface area contributed by atoms with E-state index in [-0.39, 0.29) is 0 Å². The van der Waals surface area contributed by atoms with E-state index in [9.17, 15) is 0 Å². The van der Waals surface area contributed by atoms with Crippen LogP contribution in [0.3, 0.4) is 0 Å². The predicted molar refractivity (Wildman–Crippen MR) is 169 cm³/mol. The van der Waals surface area contributed by atoms with Gasteiger partial charge in [-0.1, -0.05) is 67.1 Å². The van der Waals surface area contributed by atoms with Crippen molar-refractivity contribution in [3.05, 3.63) is 95.6 Å². The normalized spacial score (nSPS) is 14.4. The summed E-state index contributed by atoms with van der Waals surface area (Å²) in [5.41, 5.74) is 12.7. The second-order valence-electron chi connectivity index (χ2n) is 11.5. The number of fused-ring (bicyclic) bond motifs is 2. The summed E-state index contributed by atoms with van der Waals surface area (Å²) in [6.07, 6.45) is 6.48. The van der Waals surface area contributed by atoms with E-state index in [0.717, 1.165) is 10.5 Å². The summed E-state index contributed by atoms with van der Waals surface area (Å²) in [7, 11) is 2.24. The SMILES string of the molecule is Cc1cc(-c2ccccc2)cc(C)c1-c1nc2ccc(C)c(-c3n(C4CCCCC4)c4ccccc4[n+]3C)c2s1. The van der Waals surface area contributed by atoms with Gasteiger partial charge in [-0.25, -0.2) is 14.1 Å². The van der Waals surface area contributed by atoms with E-state index in [1.54, 1.807) is 0 Å². The molecule has 0 atom stereocenters. The van der Waals surface area contributed by atoms with Gasteiger partial charge in [0.15, 0.2) is 11.0 Å². The molecule has 3 nitrogen and oxygen atoms in total. The summed E-state index contributed by atoms with van der Waals surface area (Å²) in [4.78, 5) is 5.26. The third-order valence-corrected chi connectivity index (χ3v) is 9.94. The van der Waals surface area contributed by atoms with Gasteiger partial charge in [0.2, 0.25) is 0 Å². The second kappa shape index (κ2) is 10.0. The van der Waals surface area contributed by atoms with E-state index in [1.807, 2.05) is 11.3 Å². The van der Waals surface area contributed by atoms with Crippen LogP contribution in [0.5, 0.6) is 0 Å². The Hall–Kier alpha value is -3.76. The summed E-state index contributed by atoms with van der Waals surface area (Å²) in [5.74, 6) is 1.32. The number of hydrogen-bond acceptors (Lipinski definition) is 2. The number of nitrogens with zero attached hydrogens (tertiary/aromatic N) is 3. The van der Waals surface area contributed by atoms with E-state index in [1.165, 1.54) is 92.6 Å². The lowest BCUT2D eigenvalue weighted by atomic mass is 9.94. The van der Waals surface area contributed by atoms with Gasteiger partial charge >= 0.3 is 0 Å². The average molecular weight is 543 g/mol. The van der Waals surface area contributed by atoms with Gasteiger partial charge in [0.05, 0.1) is 22.8 Å². The fraction of sp³-hybridized carbons (Fsp3) is 0.278. The van der Waals surface area contributed by atoms with E-state index >= 15 is 0 Å². The van der Waals surface area contributed by atoms with Gasteiger partial charge in [-0.15, -0.1) is 11.3 Å². The zero-order valence-electron chi connectivity index (χ0n) is 23.9. The van der Waals surface area contributed by atoms with Crippen LogP contribution in [0.2, 0.25) is 0 Å². The highest BCUT2D eigenvalue weighted by atomic mass is 32.1. The average Bonchev–Trinajstić information content (AvgIpc) is 3.52. The lowest BCUT2D eigenvalue weighted by Gasteiger charge is -2.21. The minimum atomic E-state index is 0.534. The zero-order valence-corrected chi connectivity index (χ0v) is 24.7. The molecular formula is C36H36N3S+. The first-order valence-electron chi connectivity index (χ1n) is 14.6. The molecule has 6 aromatic rings. The molecule has 0 radical (unpaired) electrons. The van der Waals surface area contributed by atoms with E-state index in [0.29, 0.717) is 6.04 Å². The molecule has 0 aliphatic heterocycles. The number of imidazole rings is 1. The third kappa shape index (κ3) is 4.08. The highest BCUT2D eigenvalue weighted by molar-refractivity contribution is 7.22. The van der Waals surface area contributed by atoms with E-state index < -0.39 is 0 Å². The molecule has 4 heteroatoms. The van der Waals surface area contributed by atoms with Crippen molar-refractivity contribution in [2.75, 3.05) is 0 Å². The van der Waals surface area contributed by atoms with Gasteiger partial charge in [-0.05, 0) is 92.5 Å². The van der Waals surface area contributed by atoms with Gasteiger partial charge in [0.25, 0.3) is 5.82 Å². The molecule has 0 N–H and O–H groups in total. The highest BCUT2D eigenvalue weighted by Crippen LogP contribution is 2.43. The highest BCUT2D eigenvalue weighted by Gasteiger charge is 2.33. The second-order valence-corrected chi connectivity index (χ2v) is 12.5. The topological polar surface area (TPSA) is 21.7 Å². The first-order valence-corrected chi connectivity index (χ1v) is 15.4. The minimum Gasteiger partial charge on any atom is -0.236 e. The molecule has 1 aliphatic rings. The number of benzene rings is 4. The largest absolute Gasteiger partial charge is 0.291 e. The number of thiazole rings is 1. The summed E-state index contributed by atoms with van der Waals surface area (Å²) in [6.45, 7) is 6.73. The van der Waals surface area contributed by atoms with Crippen LogP contribution in [0.15, 0.2) is 78.9 Å². The third-order valence-electron chi connectivity index (χ3n) is 8.83. The molecule has 1 aliphatic carbocycles. The molecule has 1 fully saturated rings. The Balaban J connectivity index is 1.44. The number of rotatable bonds is 4. The Morgan fingerprint density at radius 2 is 1.45 bits per heavy atom. The molecule has 40 heavy (non-hydrogen) atoms. The Kier molecular flexibility index (Phi) is 6.31. The molecule has 200 valence electrons. The first-order chi connectivity index (χ1) is 19.5. The lowest BCUT2D eigenvalue weighted by Crippen LogP contribution is -2.31. The smallest absolute Gasteiger partial charge is 0.236 e. The molecule has 4 aromatic carbocycles. The maximum atomic E-state index is 5.26. The van der Waals surface area contributed by atoms with Gasteiger partial charge in [0, 0.05) is 5.56 Å². The molecular weight excluding hydrogens is 506 g/mol. The number of aromatic nitrogens is 3. The van der Waals surface area contributed by atoms with Gasteiger partial charge < -0.3 is 0 Å². The Morgan fingerprint density at radius 3 is 2.20 bits per heavy atom. The van der Waals surface area contributed by atoms with Crippen molar-refractivity contribution in [2.45, 2.75) is 58.9 Å². The number of hydrogen-bond donors (Lipinski definition) is 0. The van der Waals surface area contributed by atoms with Crippen LogP contribution in [-0.4, -0.2) is 9.55 Å². The molecule has 0 unspecified atom stereocenters. The van der Waals surface area contributed by atoms with Crippen molar-refractivity contribution in [1.82, 2.24) is 9.55 Å². The molecule has 0 amide bonds. The van der Waals surface area contributed by atoms with Crippen molar-refractivity contribution in [3.63, 3.8) is 0 Å². The van der Waals surface area contributed by atoms with Crippen molar-refractivity contribution >= 4 is 32.6 Å². The number of aryl methyl sites for hydroxylation is 4. The van der Waals surface area contributed by atoms with E-state index in [4.69, 9.17) is 4.98 Å². The predicted octanol–water partition coefficient (Wildman–Crippen LogP) is 9.51. The minimum absolute atomic E-state index is 0.534. The van der Waals surface area contributed by atoms with Crippen LogP contribution in [0.1, 0.15) is 54.8 Å². The van der Waals surface area contributed by atoms with Crippen molar-refractivity contribution < 1.29 is 4.57 Å². The number of para-hydroxylation sites is 2. The summed E-state index contributed by atoms with van der Waals surface area (Å²) in [6, 6.07) is 29.2. The zero-order chi connectivity index (χ0) is 27.4. The van der Waals surface area contributed by atoms with Crippen LogP contribution >= 0.6 is 11.3 Å². The van der Waals surface area contributed by atoms with Crippen LogP contribution in [0.25, 0.3) is 54.3 Å². The molecule has 2 aromatic heterocycles. The Labute approximate surface area is 240 Å². The molecule has 7 rings (SSSR count). The van der Waals surface area contributed by atoms with E-state index in [2.05, 4.69) is 116 Å². The van der Waals surface area contributed by atoms with Gasteiger partial charge in [-0.3, -0.25) is 0 Å². The van der Waals surface area contributed by atoms with Crippen LogP contribution in [-0.2, 0) is 7.05 Å². The summed E-state index contributed by atoms with van der Waals surface area (Å²) >= 11 is 1.85. The van der Waals surface area contributed by atoms with Crippen molar-refractivity contribution in [3.8, 4) is 33.1 Å². The van der Waals surface area contributed by atoms with Crippen LogP contribution in [0.4, 0.5) is 0 Å². The Bertz CT molecular complexity index is 1850. The molecule has 0 saturated heterocycles. The molecule has 1 saturated carbocycles. The maximum Gasteiger partial charge on any atom is 0.291 e. The van der Waals surface area contributed by atoms with Crippen molar-refractivity contribution in [2.24, 2.45) is 7.05 Å². The lowest BCUT2D eigenvalue weighted by molar-refractivity contribution is -0.634. The van der Waals surface area contributed by atoms with Crippen molar-refractivity contribution in [1.29, 1.82) is 0 Å². The fourth-order valence-electron chi connectivity index (χ4n) is 6.91. The van der Waals surface area contributed by atoms with Gasteiger partial charge in [-0.2, -0.15) is 0 Å². The quantitative estimate of drug-likeness (QED) is 0.203. The van der Waals surface area contributed by atoms with Gasteiger partial charge in [0.1, 0.15) is 11.0 Å². The summed E-state index contributed by atoms with van der Waals surface area (Å²) < 4.78 is 6.38. The molecule has 0 bridgehead atoms. The Morgan fingerprint density at radius 1 is 0.750 bits per heavy atom. The monoisotopic (exact) mass is 542 g/mol. The maximum absolute atomic E-state index is 5.26. The molecule has 0 spiro atoms. The summed E-state index contributed by atoms with van der Waals surface area (Å²) in [5, 5.41) is 1.11.